The highest BCUT2D eigenvalue weighted by Gasteiger charge is 2.31. The van der Waals surface area contributed by atoms with Crippen molar-refractivity contribution in [2.75, 3.05) is 0 Å². The fourth-order valence-electron chi connectivity index (χ4n) is 1.89. The molecule has 9 nitrogen and oxygen atoms in total. The Kier molecular flexibility index (Phi) is 8.97. The minimum atomic E-state index is -1.40. The average Bonchev–Trinajstić information content (AvgIpc) is 2.48. The van der Waals surface area contributed by atoms with Gasteiger partial charge in [0.1, 0.15) is 12.1 Å². The second-order valence-corrected chi connectivity index (χ2v) is 6.14. The largest absolute Gasteiger partial charge is 0.481 e. The van der Waals surface area contributed by atoms with Gasteiger partial charge >= 0.3 is 11.9 Å². The Morgan fingerprint density at radius 2 is 1.54 bits per heavy atom. The van der Waals surface area contributed by atoms with Crippen LogP contribution >= 0.6 is 0 Å². The number of carbonyl (C=O) groups is 4. The van der Waals surface area contributed by atoms with Crippen molar-refractivity contribution in [2.24, 2.45) is 17.6 Å². The van der Waals surface area contributed by atoms with Gasteiger partial charge in [-0.2, -0.15) is 0 Å². The first kappa shape index (κ1) is 21.8. The van der Waals surface area contributed by atoms with Gasteiger partial charge in [-0.15, -0.1) is 0 Å². The molecule has 0 heterocycles. The molecule has 2 amide bonds. The van der Waals surface area contributed by atoms with Crippen molar-refractivity contribution < 1.29 is 29.4 Å². The molecular weight excluding hydrogens is 318 g/mol. The standard InChI is InChI=1S/C15H27N3O6/c1-5-8(4)12(15(23)24)18-13(21)9(6-10(19)20)17-14(22)11(16)7(2)3/h7-9,11-12H,5-6,16H2,1-4H3,(H,17,22)(H,18,21)(H,19,20)(H,23,24)/t8-,9-,11-,12-/m0/s1. The number of hydrogen-bond donors (Lipinski definition) is 5. The molecular formula is C15H27N3O6. The summed E-state index contributed by atoms with van der Waals surface area (Å²) in [5.74, 6) is -4.62. The number of nitrogens with two attached hydrogens (primary N) is 1. The van der Waals surface area contributed by atoms with Crippen LogP contribution in [0.25, 0.3) is 0 Å². The highest BCUT2D eigenvalue weighted by atomic mass is 16.4. The minimum absolute atomic E-state index is 0.203. The van der Waals surface area contributed by atoms with E-state index in [-0.39, 0.29) is 11.8 Å². The molecule has 0 saturated carbocycles. The van der Waals surface area contributed by atoms with Crippen LogP contribution in [0.2, 0.25) is 0 Å². The van der Waals surface area contributed by atoms with E-state index in [0.717, 1.165) is 0 Å². The molecule has 0 spiro atoms. The molecule has 6 N–H and O–H groups in total. The lowest BCUT2D eigenvalue weighted by Crippen LogP contribution is -2.56. The van der Waals surface area contributed by atoms with E-state index in [4.69, 9.17) is 10.8 Å². The van der Waals surface area contributed by atoms with Gasteiger partial charge in [-0.05, 0) is 11.8 Å². The minimum Gasteiger partial charge on any atom is -0.481 e. The maximum atomic E-state index is 12.2. The third-order valence-corrected chi connectivity index (χ3v) is 3.81. The van der Waals surface area contributed by atoms with E-state index < -0.39 is 48.3 Å². The molecule has 4 atom stereocenters. The van der Waals surface area contributed by atoms with Crippen molar-refractivity contribution in [3.05, 3.63) is 0 Å². The second-order valence-electron chi connectivity index (χ2n) is 6.14. The topological polar surface area (TPSA) is 159 Å². The number of carboxylic acids is 2. The van der Waals surface area contributed by atoms with Crippen LogP contribution in [0.15, 0.2) is 0 Å². The first-order valence-corrected chi connectivity index (χ1v) is 7.82. The third-order valence-electron chi connectivity index (χ3n) is 3.81. The van der Waals surface area contributed by atoms with E-state index in [1.807, 2.05) is 0 Å². The predicted octanol–water partition coefficient (Wildman–Crippen LogP) is -0.455. The Hall–Kier alpha value is -2.16. The van der Waals surface area contributed by atoms with E-state index in [1.54, 1.807) is 27.7 Å². The van der Waals surface area contributed by atoms with E-state index in [1.165, 1.54) is 0 Å². The number of rotatable bonds is 10. The number of nitrogens with one attached hydrogen (secondary N) is 2. The lowest BCUT2D eigenvalue weighted by atomic mass is 9.98. The molecule has 0 aromatic carbocycles. The number of aliphatic carboxylic acids is 2. The number of hydrogen-bond acceptors (Lipinski definition) is 5. The van der Waals surface area contributed by atoms with Crippen LogP contribution in [-0.4, -0.2) is 52.1 Å². The zero-order valence-corrected chi connectivity index (χ0v) is 14.4. The molecule has 0 aliphatic heterocycles. The highest BCUT2D eigenvalue weighted by molar-refractivity contribution is 5.94. The monoisotopic (exact) mass is 345 g/mol. The summed E-state index contributed by atoms with van der Waals surface area (Å²) >= 11 is 0. The maximum absolute atomic E-state index is 12.2. The molecule has 138 valence electrons. The summed E-state index contributed by atoms with van der Waals surface area (Å²) in [6, 6.07) is -3.47. The van der Waals surface area contributed by atoms with Gasteiger partial charge in [-0.1, -0.05) is 34.1 Å². The summed E-state index contributed by atoms with van der Waals surface area (Å²) in [6.07, 6.45) is -0.166. The van der Waals surface area contributed by atoms with Crippen LogP contribution in [0.5, 0.6) is 0 Å². The van der Waals surface area contributed by atoms with Crippen LogP contribution in [-0.2, 0) is 19.2 Å². The van der Waals surface area contributed by atoms with Gasteiger partial charge in [-0.25, -0.2) is 4.79 Å². The van der Waals surface area contributed by atoms with Gasteiger partial charge in [-0.3, -0.25) is 14.4 Å². The summed E-state index contributed by atoms with van der Waals surface area (Å²) in [5, 5.41) is 22.7. The zero-order chi connectivity index (χ0) is 19.0. The van der Waals surface area contributed by atoms with E-state index in [9.17, 15) is 24.3 Å². The summed E-state index contributed by atoms with van der Waals surface area (Å²) in [5.41, 5.74) is 5.67. The fourth-order valence-corrected chi connectivity index (χ4v) is 1.89. The van der Waals surface area contributed by atoms with Gasteiger partial charge in [0.05, 0.1) is 12.5 Å². The molecule has 0 aliphatic carbocycles. The van der Waals surface area contributed by atoms with Crippen LogP contribution in [0.3, 0.4) is 0 Å². The normalized spacial score (nSPS) is 15.9. The maximum Gasteiger partial charge on any atom is 0.326 e. The van der Waals surface area contributed by atoms with Gasteiger partial charge in [0.2, 0.25) is 11.8 Å². The number of carbonyl (C=O) groups excluding carboxylic acids is 2. The van der Waals surface area contributed by atoms with E-state index in [0.29, 0.717) is 6.42 Å². The molecule has 0 aliphatic rings. The molecule has 0 saturated heterocycles. The van der Waals surface area contributed by atoms with E-state index in [2.05, 4.69) is 10.6 Å². The Labute approximate surface area is 141 Å². The summed E-state index contributed by atoms with van der Waals surface area (Å²) < 4.78 is 0. The van der Waals surface area contributed by atoms with E-state index >= 15 is 0 Å². The van der Waals surface area contributed by atoms with Gasteiger partial charge in [0.25, 0.3) is 0 Å². The molecule has 9 heteroatoms. The van der Waals surface area contributed by atoms with Crippen molar-refractivity contribution in [1.29, 1.82) is 0 Å². The van der Waals surface area contributed by atoms with Crippen molar-refractivity contribution >= 4 is 23.8 Å². The van der Waals surface area contributed by atoms with Gasteiger partial charge < -0.3 is 26.6 Å². The summed E-state index contributed by atoms with van der Waals surface area (Å²) in [4.78, 5) is 46.4. The molecule has 24 heavy (non-hydrogen) atoms. The van der Waals surface area contributed by atoms with Gasteiger partial charge in [0, 0.05) is 0 Å². The molecule has 0 fully saturated rings. The molecule has 0 bridgehead atoms. The Bertz CT molecular complexity index is 480. The molecule has 0 aromatic rings. The second kappa shape index (κ2) is 9.86. The Morgan fingerprint density at radius 1 is 1.00 bits per heavy atom. The number of amides is 2. The van der Waals surface area contributed by atoms with Crippen LogP contribution in [0.4, 0.5) is 0 Å². The van der Waals surface area contributed by atoms with Crippen molar-refractivity contribution in [3.63, 3.8) is 0 Å². The molecule has 0 unspecified atom stereocenters. The SMILES string of the molecule is CC[C@H](C)[C@H](NC(=O)[C@H](CC(=O)O)NC(=O)[C@@H](N)C(C)C)C(=O)O. The van der Waals surface area contributed by atoms with Crippen molar-refractivity contribution in [1.82, 2.24) is 10.6 Å². The molecule has 0 rings (SSSR count). The van der Waals surface area contributed by atoms with Crippen molar-refractivity contribution in [3.8, 4) is 0 Å². The summed E-state index contributed by atoms with van der Waals surface area (Å²) in [7, 11) is 0. The first-order valence-electron chi connectivity index (χ1n) is 7.82. The average molecular weight is 345 g/mol. The van der Waals surface area contributed by atoms with Crippen LogP contribution in [0.1, 0.15) is 40.5 Å². The molecule has 0 aromatic heterocycles. The van der Waals surface area contributed by atoms with Crippen LogP contribution < -0.4 is 16.4 Å². The Morgan fingerprint density at radius 3 is 1.92 bits per heavy atom. The summed E-state index contributed by atoms with van der Waals surface area (Å²) in [6.45, 7) is 6.84. The fraction of sp³-hybridized carbons (Fsp3) is 0.733. The lowest BCUT2D eigenvalue weighted by molar-refractivity contribution is -0.144. The lowest BCUT2D eigenvalue weighted by Gasteiger charge is -2.25. The predicted molar refractivity (Wildman–Crippen MR) is 86.0 cm³/mol. The van der Waals surface area contributed by atoms with Crippen LogP contribution in [0, 0.1) is 11.8 Å². The number of carboxylic acid groups (broad SMARTS) is 2. The quantitative estimate of drug-likeness (QED) is 0.358. The van der Waals surface area contributed by atoms with Gasteiger partial charge in [0.15, 0.2) is 0 Å². The smallest absolute Gasteiger partial charge is 0.326 e. The Balaban J connectivity index is 5.15. The van der Waals surface area contributed by atoms with Crippen molar-refractivity contribution in [2.45, 2.75) is 58.7 Å². The first-order chi connectivity index (χ1) is 11.0. The highest BCUT2D eigenvalue weighted by Crippen LogP contribution is 2.09. The third kappa shape index (κ3) is 6.95. The zero-order valence-electron chi connectivity index (χ0n) is 14.4. The molecule has 0 radical (unpaired) electrons.